The molecule has 0 fully saturated rings. The molecule has 7 nitrogen and oxygen atoms in total. The molecule has 2 aromatic rings. The molecule has 0 aromatic heterocycles. The van der Waals surface area contributed by atoms with Crippen LogP contribution in [-0.2, 0) is 0 Å². The van der Waals surface area contributed by atoms with E-state index in [4.69, 9.17) is 10.9 Å². The molecule has 108 valence electrons. The molecule has 3 amide bonds. The van der Waals surface area contributed by atoms with Crippen molar-refractivity contribution in [3.63, 3.8) is 0 Å². The van der Waals surface area contributed by atoms with Crippen molar-refractivity contribution in [1.82, 2.24) is 5.48 Å². The zero-order valence-electron chi connectivity index (χ0n) is 11.0. The van der Waals surface area contributed by atoms with Crippen LogP contribution in [-0.4, -0.2) is 17.1 Å². The summed E-state index contributed by atoms with van der Waals surface area (Å²) in [4.78, 5) is 22.9. The fraction of sp³-hybridized carbons (Fsp3) is 0. The largest absolute Gasteiger partial charge is 0.399 e. The van der Waals surface area contributed by atoms with Gasteiger partial charge in [0.15, 0.2) is 0 Å². The number of nitrogen functional groups attached to an aromatic ring is 1. The van der Waals surface area contributed by atoms with Crippen molar-refractivity contribution in [2.75, 3.05) is 16.4 Å². The van der Waals surface area contributed by atoms with E-state index in [0.29, 0.717) is 17.1 Å². The molecule has 2 rings (SSSR count). The van der Waals surface area contributed by atoms with Gasteiger partial charge in [0.2, 0.25) is 0 Å². The Kier molecular flexibility index (Phi) is 4.37. The lowest BCUT2D eigenvalue weighted by molar-refractivity contribution is 0.0706. The lowest BCUT2D eigenvalue weighted by Crippen LogP contribution is -2.20. The first-order chi connectivity index (χ1) is 10.1. The molecule has 6 N–H and O–H groups in total. The predicted molar refractivity (Wildman–Crippen MR) is 79.2 cm³/mol. The van der Waals surface area contributed by atoms with Gasteiger partial charge in [0.25, 0.3) is 5.91 Å². The Balaban J connectivity index is 1.96. The molecular weight excluding hydrogens is 272 g/mol. The Hall–Kier alpha value is -3.06. The summed E-state index contributed by atoms with van der Waals surface area (Å²) in [6, 6.07) is 12.4. The molecule has 0 heterocycles. The van der Waals surface area contributed by atoms with Gasteiger partial charge in [-0.05, 0) is 48.5 Å². The van der Waals surface area contributed by atoms with E-state index < -0.39 is 11.9 Å². The van der Waals surface area contributed by atoms with Crippen LogP contribution in [0.25, 0.3) is 0 Å². The van der Waals surface area contributed by atoms with E-state index in [1.54, 1.807) is 36.4 Å². The van der Waals surface area contributed by atoms with Gasteiger partial charge in [-0.3, -0.25) is 10.0 Å². The van der Waals surface area contributed by atoms with Crippen molar-refractivity contribution in [3.05, 3.63) is 54.1 Å². The molecular formula is C14H14N4O3. The maximum absolute atomic E-state index is 11.8. The molecule has 21 heavy (non-hydrogen) atoms. The van der Waals surface area contributed by atoms with Crippen LogP contribution < -0.4 is 21.8 Å². The van der Waals surface area contributed by atoms with Gasteiger partial charge in [-0.15, -0.1) is 0 Å². The number of urea groups is 1. The van der Waals surface area contributed by atoms with Gasteiger partial charge in [0.05, 0.1) is 0 Å². The minimum absolute atomic E-state index is 0.280. The number of hydrogen-bond acceptors (Lipinski definition) is 4. The molecule has 0 aliphatic carbocycles. The van der Waals surface area contributed by atoms with Crippen molar-refractivity contribution in [3.8, 4) is 0 Å². The highest BCUT2D eigenvalue weighted by Gasteiger charge is 2.05. The quantitative estimate of drug-likeness (QED) is 0.337. The van der Waals surface area contributed by atoms with Gasteiger partial charge >= 0.3 is 6.03 Å². The average Bonchev–Trinajstić information content (AvgIpc) is 2.49. The third-order valence-corrected chi connectivity index (χ3v) is 2.68. The zero-order valence-corrected chi connectivity index (χ0v) is 11.0. The number of hydrogen-bond donors (Lipinski definition) is 5. The van der Waals surface area contributed by atoms with Crippen molar-refractivity contribution in [2.24, 2.45) is 0 Å². The fourth-order valence-electron chi connectivity index (χ4n) is 1.63. The molecule has 0 bridgehead atoms. The molecule has 0 saturated heterocycles. The highest BCUT2D eigenvalue weighted by atomic mass is 16.5. The topological polar surface area (TPSA) is 116 Å². The van der Waals surface area contributed by atoms with E-state index in [1.807, 2.05) is 0 Å². The SMILES string of the molecule is Nc1ccc(NC(=O)Nc2ccc(C(=O)NO)cc2)cc1. The van der Waals surface area contributed by atoms with Crippen LogP contribution in [0.5, 0.6) is 0 Å². The number of benzene rings is 2. The van der Waals surface area contributed by atoms with Gasteiger partial charge in [-0.25, -0.2) is 10.3 Å². The first-order valence-corrected chi connectivity index (χ1v) is 6.06. The summed E-state index contributed by atoms with van der Waals surface area (Å²) in [7, 11) is 0. The van der Waals surface area contributed by atoms with Gasteiger partial charge in [0.1, 0.15) is 0 Å². The molecule has 2 aromatic carbocycles. The Morgan fingerprint density at radius 2 is 1.33 bits per heavy atom. The number of nitrogens with one attached hydrogen (secondary N) is 3. The smallest absolute Gasteiger partial charge is 0.323 e. The highest BCUT2D eigenvalue weighted by Crippen LogP contribution is 2.13. The van der Waals surface area contributed by atoms with Crippen LogP contribution in [0.3, 0.4) is 0 Å². The molecule has 0 unspecified atom stereocenters. The van der Waals surface area contributed by atoms with Crippen LogP contribution >= 0.6 is 0 Å². The first-order valence-electron chi connectivity index (χ1n) is 6.06. The van der Waals surface area contributed by atoms with Crippen LogP contribution in [0.15, 0.2) is 48.5 Å². The summed E-state index contributed by atoms with van der Waals surface area (Å²) in [5, 5.41) is 13.8. The molecule has 0 aliphatic heterocycles. The van der Waals surface area contributed by atoms with Crippen LogP contribution in [0, 0.1) is 0 Å². The Morgan fingerprint density at radius 3 is 1.81 bits per heavy atom. The van der Waals surface area contributed by atoms with Gasteiger partial charge in [0, 0.05) is 22.6 Å². The molecule has 0 spiro atoms. The van der Waals surface area contributed by atoms with Crippen molar-refractivity contribution >= 4 is 29.0 Å². The van der Waals surface area contributed by atoms with E-state index in [9.17, 15) is 9.59 Å². The number of nitrogens with two attached hydrogens (primary N) is 1. The molecule has 0 atom stereocenters. The number of amides is 3. The molecule has 0 saturated carbocycles. The van der Waals surface area contributed by atoms with Crippen molar-refractivity contribution in [2.45, 2.75) is 0 Å². The zero-order chi connectivity index (χ0) is 15.2. The number of rotatable bonds is 3. The highest BCUT2D eigenvalue weighted by molar-refractivity contribution is 6.00. The molecule has 0 radical (unpaired) electrons. The minimum atomic E-state index is -0.618. The van der Waals surface area contributed by atoms with E-state index in [1.165, 1.54) is 17.6 Å². The second kappa shape index (κ2) is 6.40. The second-order valence-corrected chi connectivity index (χ2v) is 4.22. The number of carbonyl (C=O) groups is 2. The second-order valence-electron chi connectivity index (χ2n) is 4.22. The standard InChI is InChI=1S/C14H14N4O3/c15-10-3-7-12(8-4-10)17-14(20)16-11-5-1-9(2-6-11)13(19)18-21/h1-8,21H,15H2,(H,18,19)(H2,16,17,20). The van der Waals surface area contributed by atoms with Gasteiger partial charge in [-0.1, -0.05) is 0 Å². The van der Waals surface area contributed by atoms with E-state index in [2.05, 4.69) is 10.6 Å². The predicted octanol–water partition coefficient (Wildman–Crippen LogP) is 2.03. The molecule has 0 aliphatic rings. The fourth-order valence-corrected chi connectivity index (χ4v) is 1.63. The third-order valence-electron chi connectivity index (χ3n) is 2.68. The third kappa shape index (κ3) is 3.95. The number of hydroxylamine groups is 1. The summed E-state index contributed by atoms with van der Waals surface area (Å²) in [6.07, 6.45) is 0. The van der Waals surface area contributed by atoms with E-state index in [-0.39, 0.29) is 5.56 Å². The summed E-state index contributed by atoms with van der Waals surface area (Å²) in [5.74, 6) is -0.618. The Bertz CT molecular complexity index is 638. The Labute approximate surface area is 120 Å². The normalized spacial score (nSPS) is 9.76. The van der Waals surface area contributed by atoms with Gasteiger partial charge < -0.3 is 16.4 Å². The lowest BCUT2D eigenvalue weighted by atomic mass is 10.2. The van der Waals surface area contributed by atoms with E-state index in [0.717, 1.165) is 0 Å². The maximum atomic E-state index is 11.8. The lowest BCUT2D eigenvalue weighted by Gasteiger charge is -2.08. The van der Waals surface area contributed by atoms with Crippen LogP contribution in [0.4, 0.5) is 21.9 Å². The Morgan fingerprint density at radius 1 is 0.857 bits per heavy atom. The van der Waals surface area contributed by atoms with Crippen molar-refractivity contribution < 1.29 is 14.8 Å². The summed E-state index contributed by atoms with van der Waals surface area (Å²) >= 11 is 0. The van der Waals surface area contributed by atoms with Crippen molar-refractivity contribution in [1.29, 1.82) is 0 Å². The van der Waals surface area contributed by atoms with Crippen LogP contribution in [0.1, 0.15) is 10.4 Å². The maximum Gasteiger partial charge on any atom is 0.323 e. The average molecular weight is 286 g/mol. The summed E-state index contributed by atoms with van der Waals surface area (Å²) in [6.45, 7) is 0. The minimum Gasteiger partial charge on any atom is -0.399 e. The molecule has 7 heteroatoms. The van der Waals surface area contributed by atoms with Gasteiger partial charge in [-0.2, -0.15) is 0 Å². The van der Waals surface area contributed by atoms with E-state index >= 15 is 0 Å². The number of anilines is 3. The first kappa shape index (κ1) is 14.4. The van der Waals surface area contributed by atoms with Crippen LogP contribution in [0.2, 0.25) is 0 Å². The number of carbonyl (C=O) groups excluding carboxylic acids is 2. The summed E-state index contributed by atoms with van der Waals surface area (Å²) in [5.41, 5.74) is 9.09. The monoisotopic (exact) mass is 286 g/mol. The summed E-state index contributed by atoms with van der Waals surface area (Å²) < 4.78 is 0.